The Bertz CT molecular complexity index is 292. The molecule has 0 fully saturated rings. The van der Waals surface area contributed by atoms with Gasteiger partial charge < -0.3 is 5.11 Å². The van der Waals surface area contributed by atoms with Crippen LogP contribution < -0.4 is 0 Å². The highest BCUT2D eigenvalue weighted by Gasteiger charge is 2.16. The van der Waals surface area contributed by atoms with Gasteiger partial charge in [-0.15, -0.1) is 4.91 Å². The van der Waals surface area contributed by atoms with E-state index in [4.69, 9.17) is 5.11 Å². The predicted octanol–water partition coefficient (Wildman–Crippen LogP) is 1.51. The molecule has 0 aliphatic heterocycles. The molecule has 0 saturated heterocycles. The van der Waals surface area contributed by atoms with Crippen molar-refractivity contribution in [3.8, 4) is 0 Å². The van der Waals surface area contributed by atoms with E-state index in [0.29, 0.717) is 12.8 Å². The summed E-state index contributed by atoms with van der Waals surface area (Å²) < 4.78 is 0. The Balaban J connectivity index is 2.76. The Labute approximate surface area is 88.7 Å². The first-order chi connectivity index (χ1) is 7.29. The summed E-state index contributed by atoms with van der Waals surface area (Å²) in [7, 11) is 1.63. The molecule has 0 unspecified atom stereocenters. The van der Waals surface area contributed by atoms with E-state index >= 15 is 0 Å². The van der Waals surface area contributed by atoms with Crippen LogP contribution in [0.1, 0.15) is 24.4 Å². The summed E-state index contributed by atoms with van der Waals surface area (Å²) in [4.78, 5) is 14.5. The Morgan fingerprint density at radius 3 is 3.00 bits per heavy atom. The van der Waals surface area contributed by atoms with Crippen LogP contribution in [0.25, 0.3) is 0 Å². The maximum atomic E-state index is 10.5. The molecular weight excluding hydrogens is 194 g/mol. The lowest BCUT2D eigenvalue weighted by molar-refractivity contribution is 0.211. The minimum absolute atomic E-state index is 0.108. The lowest BCUT2D eigenvalue weighted by Crippen LogP contribution is -2.19. The number of hydrogen-bond donors (Lipinski definition) is 1. The first-order valence-corrected chi connectivity index (χ1v) is 4.86. The molecule has 0 aromatic carbocycles. The van der Waals surface area contributed by atoms with Crippen molar-refractivity contribution in [3.05, 3.63) is 35.0 Å². The van der Waals surface area contributed by atoms with E-state index in [-0.39, 0.29) is 12.6 Å². The van der Waals surface area contributed by atoms with Gasteiger partial charge in [0.1, 0.15) is 0 Å². The van der Waals surface area contributed by atoms with Gasteiger partial charge in [-0.05, 0) is 24.5 Å². The zero-order valence-corrected chi connectivity index (χ0v) is 8.71. The number of aliphatic hydroxyl groups is 1. The minimum atomic E-state index is -0.108. The van der Waals surface area contributed by atoms with Gasteiger partial charge in [-0.3, -0.25) is 9.99 Å². The monoisotopic (exact) mass is 209 g/mol. The highest BCUT2D eigenvalue weighted by Crippen LogP contribution is 2.23. The van der Waals surface area contributed by atoms with Gasteiger partial charge in [-0.2, -0.15) is 0 Å². The third-order valence-electron chi connectivity index (χ3n) is 2.28. The standard InChI is InChI=1S/C10H15N3O2/c1-13(12-15)10(5-3-7-14)9-4-2-6-11-8-9/h2,4,6,8,10,14H,3,5,7H2,1H3/t10-/m0/s1. The number of pyridine rings is 1. The van der Waals surface area contributed by atoms with E-state index in [9.17, 15) is 4.91 Å². The van der Waals surface area contributed by atoms with Gasteiger partial charge in [-0.1, -0.05) is 6.07 Å². The van der Waals surface area contributed by atoms with Gasteiger partial charge in [0.25, 0.3) is 0 Å². The molecule has 1 N–H and O–H groups in total. The number of rotatable bonds is 6. The molecule has 0 aliphatic carbocycles. The second-order valence-electron chi connectivity index (χ2n) is 3.32. The molecule has 1 aromatic heterocycles. The fraction of sp³-hybridized carbons (Fsp3) is 0.500. The van der Waals surface area contributed by atoms with Gasteiger partial charge in [0.05, 0.1) is 11.3 Å². The zero-order valence-electron chi connectivity index (χ0n) is 8.71. The number of nitroso groups, excluding NO2 is 1. The van der Waals surface area contributed by atoms with Crippen molar-refractivity contribution in [2.75, 3.05) is 13.7 Å². The lowest BCUT2D eigenvalue weighted by atomic mass is 10.0. The molecule has 82 valence electrons. The molecule has 0 amide bonds. The Morgan fingerprint density at radius 2 is 2.47 bits per heavy atom. The smallest absolute Gasteiger partial charge is 0.0764 e. The summed E-state index contributed by atoms with van der Waals surface area (Å²) in [6.07, 6.45) is 4.72. The van der Waals surface area contributed by atoms with Crippen molar-refractivity contribution < 1.29 is 5.11 Å². The number of aliphatic hydroxyl groups excluding tert-OH is 1. The van der Waals surface area contributed by atoms with Crippen molar-refractivity contribution in [3.63, 3.8) is 0 Å². The topological polar surface area (TPSA) is 65.8 Å². The Hall–Kier alpha value is -1.49. The van der Waals surface area contributed by atoms with Crippen LogP contribution in [-0.4, -0.2) is 28.8 Å². The molecule has 5 heteroatoms. The maximum Gasteiger partial charge on any atom is 0.0764 e. The molecule has 5 nitrogen and oxygen atoms in total. The number of hydrogen-bond acceptors (Lipinski definition) is 4. The molecule has 1 rings (SSSR count). The van der Waals surface area contributed by atoms with Crippen LogP contribution in [0.4, 0.5) is 0 Å². The van der Waals surface area contributed by atoms with E-state index in [2.05, 4.69) is 10.3 Å². The third-order valence-corrected chi connectivity index (χ3v) is 2.28. The summed E-state index contributed by atoms with van der Waals surface area (Å²) >= 11 is 0. The van der Waals surface area contributed by atoms with E-state index in [0.717, 1.165) is 5.56 Å². The second-order valence-corrected chi connectivity index (χ2v) is 3.32. The summed E-state index contributed by atoms with van der Waals surface area (Å²) in [6, 6.07) is 3.61. The lowest BCUT2D eigenvalue weighted by Gasteiger charge is -2.22. The number of aromatic nitrogens is 1. The van der Waals surface area contributed by atoms with E-state index in [1.54, 1.807) is 19.4 Å². The summed E-state index contributed by atoms with van der Waals surface area (Å²) in [6.45, 7) is 0.115. The first kappa shape index (κ1) is 11.6. The summed E-state index contributed by atoms with van der Waals surface area (Å²) in [5, 5.41) is 13.0. The van der Waals surface area contributed by atoms with Gasteiger partial charge in [0.2, 0.25) is 0 Å². The third kappa shape index (κ3) is 3.28. The molecule has 0 spiro atoms. The zero-order chi connectivity index (χ0) is 11.1. The minimum Gasteiger partial charge on any atom is -0.396 e. The summed E-state index contributed by atoms with van der Waals surface area (Å²) in [5.41, 5.74) is 0.938. The highest BCUT2D eigenvalue weighted by atomic mass is 16.3. The first-order valence-electron chi connectivity index (χ1n) is 4.86. The molecular formula is C10H15N3O2. The van der Waals surface area contributed by atoms with Gasteiger partial charge in [0.15, 0.2) is 0 Å². The SMILES string of the molecule is CN(N=O)[C@@H](CCCO)c1cccnc1. The average molecular weight is 209 g/mol. The van der Waals surface area contributed by atoms with Crippen LogP contribution in [0.5, 0.6) is 0 Å². The maximum absolute atomic E-state index is 10.5. The Morgan fingerprint density at radius 1 is 1.67 bits per heavy atom. The van der Waals surface area contributed by atoms with E-state index in [1.165, 1.54) is 5.01 Å². The largest absolute Gasteiger partial charge is 0.396 e. The molecule has 15 heavy (non-hydrogen) atoms. The van der Waals surface area contributed by atoms with Crippen molar-refractivity contribution >= 4 is 0 Å². The van der Waals surface area contributed by atoms with Gasteiger partial charge >= 0.3 is 0 Å². The van der Waals surface area contributed by atoms with Crippen LogP contribution in [0.2, 0.25) is 0 Å². The normalized spacial score (nSPS) is 12.1. The van der Waals surface area contributed by atoms with E-state index in [1.807, 2.05) is 12.1 Å². The van der Waals surface area contributed by atoms with Crippen molar-refractivity contribution in [2.45, 2.75) is 18.9 Å². The quantitative estimate of drug-likeness (QED) is 0.569. The van der Waals surface area contributed by atoms with Crippen LogP contribution >= 0.6 is 0 Å². The van der Waals surface area contributed by atoms with Crippen molar-refractivity contribution in [1.29, 1.82) is 0 Å². The molecule has 1 atom stereocenters. The molecule has 0 saturated carbocycles. The molecule has 0 aliphatic rings. The predicted molar refractivity (Wildman–Crippen MR) is 56.9 cm³/mol. The molecule has 0 bridgehead atoms. The fourth-order valence-corrected chi connectivity index (χ4v) is 1.48. The van der Waals surface area contributed by atoms with Crippen LogP contribution in [0, 0.1) is 4.91 Å². The fourth-order valence-electron chi connectivity index (χ4n) is 1.48. The summed E-state index contributed by atoms with van der Waals surface area (Å²) in [5.74, 6) is 0. The van der Waals surface area contributed by atoms with Crippen LogP contribution in [-0.2, 0) is 0 Å². The highest BCUT2D eigenvalue weighted by molar-refractivity contribution is 5.13. The average Bonchev–Trinajstić information content (AvgIpc) is 2.30. The Kier molecular flexibility index (Phi) is 4.70. The van der Waals surface area contributed by atoms with Crippen molar-refractivity contribution in [2.24, 2.45) is 5.29 Å². The van der Waals surface area contributed by atoms with Crippen LogP contribution in [0.3, 0.4) is 0 Å². The molecule has 1 heterocycles. The number of nitrogens with zero attached hydrogens (tertiary/aromatic N) is 3. The second kappa shape index (κ2) is 6.08. The van der Waals surface area contributed by atoms with Crippen LogP contribution in [0.15, 0.2) is 29.8 Å². The molecule has 1 aromatic rings. The van der Waals surface area contributed by atoms with E-state index < -0.39 is 0 Å². The van der Waals surface area contributed by atoms with Gasteiger partial charge in [0, 0.05) is 26.0 Å². The van der Waals surface area contributed by atoms with Crippen molar-refractivity contribution in [1.82, 2.24) is 9.99 Å². The van der Waals surface area contributed by atoms with Gasteiger partial charge in [-0.25, -0.2) is 0 Å². The molecule has 0 radical (unpaired) electrons.